The van der Waals surface area contributed by atoms with Gasteiger partial charge in [-0.1, -0.05) is 340 Å². The van der Waals surface area contributed by atoms with Crippen molar-refractivity contribution in [2.24, 2.45) is 0 Å². The Labute approximate surface area is 796 Å². The van der Waals surface area contributed by atoms with Crippen LogP contribution in [0.4, 0.5) is 51.2 Å². The molecule has 0 aliphatic carbocycles. The summed E-state index contributed by atoms with van der Waals surface area (Å²) in [7, 11) is 0. The highest BCUT2D eigenvalue weighted by atomic mass is 32.1. The molecule has 630 valence electrons. The van der Waals surface area contributed by atoms with Gasteiger partial charge in [0.25, 0.3) is 0 Å². The second-order valence-corrected chi connectivity index (χ2v) is 39.4. The van der Waals surface area contributed by atoms with E-state index in [9.17, 15) is 0 Å². The molecule has 0 aliphatic rings. The molecule has 0 amide bonds. The fraction of sp³-hybridized carbons (Fsp3) is 0. The summed E-state index contributed by atoms with van der Waals surface area (Å²) < 4.78 is 13.3. The van der Waals surface area contributed by atoms with Crippen LogP contribution in [0.5, 0.6) is 0 Å². The molecule has 0 aliphatic heterocycles. The highest BCUT2D eigenvalue weighted by molar-refractivity contribution is 7.27. The van der Waals surface area contributed by atoms with E-state index in [1.54, 1.807) is 0 Å². The van der Waals surface area contributed by atoms with E-state index in [-0.39, 0.29) is 0 Å². The van der Waals surface area contributed by atoms with Crippen molar-refractivity contribution in [3.8, 4) is 55.6 Å². The van der Waals surface area contributed by atoms with Gasteiger partial charge >= 0.3 is 0 Å². The molecule has 22 aromatic carbocycles. The van der Waals surface area contributed by atoms with Crippen molar-refractivity contribution in [3.05, 3.63) is 491 Å². The third kappa shape index (κ3) is 14.7. The molecule has 5 aromatic heterocycles. The largest absolute Gasteiger partial charge is 0.311 e. The lowest BCUT2D eigenvalue weighted by molar-refractivity contribution is 1.28. The van der Waals surface area contributed by atoms with Gasteiger partial charge in [-0.3, -0.25) is 0 Å². The van der Waals surface area contributed by atoms with Crippen LogP contribution in [0.3, 0.4) is 0 Å². The number of benzene rings is 22. The molecule has 0 fully saturated rings. The molecular weight excluding hydrogens is 1720 g/mol. The molecule has 0 bridgehead atoms. The van der Waals surface area contributed by atoms with Crippen molar-refractivity contribution in [2.75, 3.05) is 14.7 Å². The third-order valence-electron chi connectivity index (χ3n) is 26.2. The van der Waals surface area contributed by atoms with E-state index < -0.39 is 0 Å². The number of thiophene rings is 5. The number of anilines is 9. The van der Waals surface area contributed by atoms with Crippen LogP contribution < -0.4 is 14.7 Å². The maximum atomic E-state index is 2.43. The quantitative estimate of drug-likeness (QED) is 0.107. The minimum atomic E-state index is 1.12. The molecule has 0 N–H and O–H groups in total. The summed E-state index contributed by atoms with van der Waals surface area (Å²) in [6.07, 6.45) is 0. The Morgan fingerprint density at radius 2 is 0.366 bits per heavy atom. The molecule has 0 saturated carbocycles. The molecule has 0 radical (unpaired) electrons. The molecule has 134 heavy (non-hydrogen) atoms. The van der Waals surface area contributed by atoms with Gasteiger partial charge in [-0.25, -0.2) is 0 Å². The first kappa shape index (κ1) is 80.2. The molecule has 0 spiro atoms. The van der Waals surface area contributed by atoms with Crippen LogP contribution in [0.25, 0.3) is 189 Å². The first-order valence-electron chi connectivity index (χ1n) is 45.4. The Bertz CT molecular complexity index is 8860. The van der Waals surface area contributed by atoms with Crippen molar-refractivity contribution in [3.63, 3.8) is 0 Å². The average molecular weight is 1800 g/mol. The second kappa shape index (κ2) is 34.4. The fourth-order valence-electron chi connectivity index (χ4n) is 19.8. The average Bonchev–Trinajstić information content (AvgIpc) is 1.55. The Balaban J connectivity index is 0.000000108. The van der Waals surface area contributed by atoms with Gasteiger partial charge in [-0.2, -0.15) is 0 Å². The number of hydrogen-bond acceptors (Lipinski definition) is 8. The lowest BCUT2D eigenvalue weighted by Gasteiger charge is -2.27. The van der Waals surface area contributed by atoms with Gasteiger partial charge in [0.05, 0.1) is 5.69 Å². The van der Waals surface area contributed by atoms with Crippen LogP contribution in [0.2, 0.25) is 0 Å². The highest BCUT2D eigenvalue weighted by Gasteiger charge is 2.23. The Morgan fingerprint density at radius 3 is 0.754 bits per heavy atom. The van der Waals surface area contributed by atoms with Crippen LogP contribution in [0, 0.1) is 0 Å². The van der Waals surface area contributed by atoms with Crippen molar-refractivity contribution in [1.29, 1.82) is 0 Å². The summed E-state index contributed by atoms with van der Waals surface area (Å²) in [6.45, 7) is 0. The van der Waals surface area contributed by atoms with E-state index in [2.05, 4.69) is 506 Å². The van der Waals surface area contributed by atoms with Crippen LogP contribution in [-0.2, 0) is 0 Å². The molecule has 3 nitrogen and oxygen atoms in total. The summed E-state index contributed by atoms with van der Waals surface area (Å²) >= 11 is 9.36. The van der Waals surface area contributed by atoms with Gasteiger partial charge < -0.3 is 14.7 Å². The number of nitrogens with zero attached hydrogens (tertiary/aromatic N) is 3. The van der Waals surface area contributed by atoms with E-state index in [1.165, 1.54) is 206 Å². The van der Waals surface area contributed by atoms with Gasteiger partial charge in [0.1, 0.15) is 0 Å². The lowest BCUT2D eigenvalue weighted by atomic mass is 9.98. The number of rotatable bonds is 14. The van der Waals surface area contributed by atoms with E-state index in [1.807, 2.05) is 56.7 Å². The smallest absolute Gasteiger partial charge is 0.0540 e. The third-order valence-corrected chi connectivity index (χ3v) is 32.1. The van der Waals surface area contributed by atoms with Crippen LogP contribution >= 0.6 is 56.7 Å². The van der Waals surface area contributed by atoms with Crippen molar-refractivity contribution in [1.82, 2.24) is 0 Å². The van der Waals surface area contributed by atoms with E-state index in [0.717, 1.165) is 34.1 Å². The van der Waals surface area contributed by atoms with E-state index >= 15 is 0 Å². The predicted octanol–water partition coefficient (Wildman–Crippen LogP) is 39.1. The zero-order valence-corrected chi connectivity index (χ0v) is 76.7. The standard InChI is InChI=1S/C46H31NS.C44H29NS.C36H21NS3/c1-2-10-32(11-3-1)33-20-26-37(27-21-33)47(38-28-22-35(23-29-38)41-16-8-13-34-12-4-5-14-40(34)41)39-30-24-36(25-31-39)42-17-9-18-44-43-15-6-7-19-45(43)48-46(42)44;1-3-14-36-30(10-1)12-7-17-37(36)32-22-26-34(27-23-32)45(42-20-8-13-31-11-2-4-15-38(31)42)35-28-24-33(25-29-35)39-18-9-19-41-40-16-5-6-21-43(40)46-44(39)41;1-4-10-31-25(7-1)28-19-22(13-16-34(28)38-31)37(23-14-17-35-29(20-23)26-8-2-5-11-32(26)39-35)24-15-18-36-30(21-24)27-9-3-6-12-33(27)40-36/h1-31H;1-29H;1-21H. The Kier molecular flexibility index (Phi) is 20.6. The lowest BCUT2D eigenvalue weighted by Crippen LogP contribution is -2.10. The molecule has 0 saturated heterocycles. The molecule has 5 heterocycles. The van der Waals surface area contributed by atoms with Gasteiger partial charge in [-0.05, 0) is 234 Å². The van der Waals surface area contributed by atoms with E-state index in [0.29, 0.717) is 0 Å². The molecule has 0 atom stereocenters. The number of hydrogen-bond donors (Lipinski definition) is 0. The zero-order chi connectivity index (χ0) is 88.5. The summed E-state index contributed by atoms with van der Waals surface area (Å²) in [6, 6.07) is 179. The van der Waals surface area contributed by atoms with Crippen molar-refractivity contribution < 1.29 is 0 Å². The second-order valence-electron chi connectivity index (χ2n) is 34.1. The summed E-state index contributed by atoms with van der Waals surface area (Å²) in [4.78, 5) is 7.17. The predicted molar refractivity (Wildman–Crippen MR) is 588 cm³/mol. The first-order chi connectivity index (χ1) is 66.4. The first-order valence-corrected chi connectivity index (χ1v) is 49.5. The van der Waals surface area contributed by atoms with Crippen LogP contribution in [-0.4, -0.2) is 0 Å². The maximum Gasteiger partial charge on any atom is 0.0540 e. The van der Waals surface area contributed by atoms with Gasteiger partial charge in [0.15, 0.2) is 0 Å². The summed E-state index contributed by atoms with van der Waals surface area (Å²) in [5, 5.41) is 20.7. The van der Waals surface area contributed by atoms with Crippen LogP contribution in [0.1, 0.15) is 0 Å². The molecule has 27 rings (SSSR count). The van der Waals surface area contributed by atoms with Crippen LogP contribution in [0.15, 0.2) is 491 Å². The van der Waals surface area contributed by atoms with Gasteiger partial charge in [0.2, 0.25) is 0 Å². The Morgan fingerprint density at radius 1 is 0.127 bits per heavy atom. The minimum Gasteiger partial charge on any atom is -0.311 e. The van der Waals surface area contributed by atoms with Crippen molar-refractivity contribution in [2.45, 2.75) is 0 Å². The molecular formula is C126H81N3S5. The molecule has 8 heteroatoms. The molecule has 27 aromatic rings. The monoisotopic (exact) mass is 1800 g/mol. The van der Waals surface area contributed by atoms with Crippen molar-refractivity contribution >= 4 is 241 Å². The van der Waals surface area contributed by atoms with Gasteiger partial charge in [-0.15, -0.1) is 56.7 Å². The molecule has 0 unspecified atom stereocenters. The Hall–Kier alpha value is -15.9. The number of fused-ring (bicyclic) bond motifs is 18. The summed E-state index contributed by atoms with van der Waals surface area (Å²) in [5.41, 5.74) is 22.6. The normalized spacial score (nSPS) is 11.6. The van der Waals surface area contributed by atoms with E-state index in [4.69, 9.17) is 0 Å². The SMILES string of the molecule is c1ccc(-c2ccc(N(c3ccc(-c4cccc5ccccc45)cc3)c3ccc(-c4cccc5c4sc4ccccc45)cc3)cc2)cc1.c1ccc2c(-c3ccc(N(c4ccc(-c5cccc6c5sc5ccccc56)cc4)c4cccc5ccccc45)cc3)cccc2c1.c1ccc2c(c1)sc1ccc(N(c3ccc4sc5ccccc5c4c3)c3ccc4sc5ccccc5c4c3)cc12. The minimum absolute atomic E-state index is 1.12. The van der Waals surface area contributed by atoms with Gasteiger partial charge in [0, 0.05) is 152 Å². The highest BCUT2D eigenvalue weighted by Crippen LogP contribution is 2.50. The fourth-order valence-corrected chi connectivity index (χ4v) is 25.5. The maximum absolute atomic E-state index is 2.43. The summed E-state index contributed by atoms with van der Waals surface area (Å²) in [5.74, 6) is 0. The topological polar surface area (TPSA) is 9.72 Å². The zero-order valence-electron chi connectivity index (χ0n) is 72.6.